The molecular formula is C12H27N3O3S. The molecule has 1 unspecified atom stereocenters. The summed E-state index contributed by atoms with van der Waals surface area (Å²) in [5.41, 5.74) is 5.04. The molecule has 0 rings (SSSR count). The number of nitrogens with two attached hydrogens (primary N) is 1. The third-order valence-corrected chi connectivity index (χ3v) is 4.36. The normalized spacial score (nSPS) is 15.3. The lowest BCUT2D eigenvalue weighted by atomic mass is 9.96. The van der Waals surface area contributed by atoms with Crippen LogP contribution in [0.2, 0.25) is 0 Å². The number of hydrogen-bond donors (Lipinski definition) is 2. The number of sulfonamides is 1. The second-order valence-corrected chi connectivity index (χ2v) is 7.01. The maximum Gasteiger partial charge on any atom is 0.239 e. The number of rotatable bonds is 9. The van der Waals surface area contributed by atoms with Crippen LogP contribution in [0.15, 0.2) is 0 Å². The number of hydrogen-bond acceptors (Lipinski definition) is 4. The molecule has 0 radical (unpaired) electrons. The maximum absolute atomic E-state index is 11.8. The Morgan fingerprint density at radius 1 is 1.37 bits per heavy atom. The molecule has 0 spiro atoms. The highest BCUT2D eigenvalue weighted by Gasteiger charge is 2.26. The van der Waals surface area contributed by atoms with E-state index in [-0.39, 0.29) is 5.91 Å². The van der Waals surface area contributed by atoms with Gasteiger partial charge in [-0.1, -0.05) is 20.3 Å². The average molecular weight is 293 g/mol. The van der Waals surface area contributed by atoms with Crippen LogP contribution in [-0.2, 0) is 14.8 Å². The van der Waals surface area contributed by atoms with Crippen LogP contribution in [0.4, 0.5) is 0 Å². The highest BCUT2D eigenvalue weighted by atomic mass is 32.2. The van der Waals surface area contributed by atoms with Gasteiger partial charge in [-0.15, -0.1) is 0 Å². The molecule has 0 saturated carbocycles. The summed E-state index contributed by atoms with van der Waals surface area (Å²) in [6.07, 6.45) is 3.24. The zero-order chi connectivity index (χ0) is 15.1. The monoisotopic (exact) mass is 293 g/mol. The standard InChI is InChI=1S/C12H27N3O3S/c1-5-8-12(3,13)11(16)14-9-7-10-15(6-2)19(4,17)18/h5-10,13H2,1-4H3,(H,14,16). The van der Waals surface area contributed by atoms with Crippen molar-refractivity contribution in [1.82, 2.24) is 9.62 Å². The van der Waals surface area contributed by atoms with Gasteiger partial charge in [0.15, 0.2) is 0 Å². The first-order valence-corrected chi connectivity index (χ1v) is 8.52. The summed E-state index contributed by atoms with van der Waals surface area (Å²) >= 11 is 0. The van der Waals surface area contributed by atoms with E-state index in [0.29, 0.717) is 32.5 Å². The van der Waals surface area contributed by atoms with Crippen molar-refractivity contribution in [2.75, 3.05) is 25.9 Å². The topological polar surface area (TPSA) is 92.5 Å². The van der Waals surface area contributed by atoms with Crippen LogP contribution in [0.25, 0.3) is 0 Å². The first-order valence-electron chi connectivity index (χ1n) is 6.67. The van der Waals surface area contributed by atoms with E-state index in [9.17, 15) is 13.2 Å². The summed E-state index contributed by atoms with van der Waals surface area (Å²) in [5.74, 6) is -0.184. The van der Waals surface area contributed by atoms with E-state index < -0.39 is 15.6 Å². The molecule has 0 aliphatic rings. The van der Waals surface area contributed by atoms with Crippen molar-refractivity contribution in [3.8, 4) is 0 Å². The van der Waals surface area contributed by atoms with Crippen LogP contribution in [-0.4, -0.2) is 50.1 Å². The smallest absolute Gasteiger partial charge is 0.239 e. The molecule has 6 nitrogen and oxygen atoms in total. The molecular weight excluding hydrogens is 266 g/mol. The van der Waals surface area contributed by atoms with Gasteiger partial charge >= 0.3 is 0 Å². The zero-order valence-corrected chi connectivity index (χ0v) is 13.2. The van der Waals surface area contributed by atoms with Crippen molar-refractivity contribution in [3.63, 3.8) is 0 Å². The van der Waals surface area contributed by atoms with Crippen molar-refractivity contribution in [2.45, 2.75) is 45.6 Å². The minimum absolute atomic E-state index is 0.184. The molecule has 0 aliphatic heterocycles. The van der Waals surface area contributed by atoms with Crippen molar-refractivity contribution >= 4 is 15.9 Å². The van der Waals surface area contributed by atoms with E-state index in [1.165, 1.54) is 10.6 Å². The molecule has 0 aromatic heterocycles. The predicted molar refractivity (Wildman–Crippen MR) is 77.2 cm³/mol. The third-order valence-electron chi connectivity index (χ3n) is 2.98. The van der Waals surface area contributed by atoms with Gasteiger partial charge in [0.05, 0.1) is 11.8 Å². The summed E-state index contributed by atoms with van der Waals surface area (Å²) in [5, 5.41) is 2.75. The minimum atomic E-state index is -3.16. The van der Waals surface area contributed by atoms with E-state index in [2.05, 4.69) is 5.32 Å². The largest absolute Gasteiger partial charge is 0.354 e. The number of nitrogens with zero attached hydrogens (tertiary/aromatic N) is 1. The Hall–Kier alpha value is -0.660. The van der Waals surface area contributed by atoms with Gasteiger partial charge in [0.1, 0.15) is 0 Å². The summed E-state index contributed by atoms with van der Waals surface area (Å²) in [6, 6.07) is 0. The SMILES string of the molecule is CCCC(C)(N)C(=O)NCCCN(CC)S(C)(=O)=O. The Bertz CT molecular complexity index is 380. The molecule has 3 N–H and O–H groups in total. The lowest BCUT2D eigenvalue weighted by molar-refractivity contribution is -0.126. The predicted octanol–water partition coefficient (Wildman–Crippen LogP) is 0.292. The Kier molecular flexibility index (Phi) is 7.54. The Balaban J connectivity index is 4.08. The Morgan fingerprint density at radius 2 is 1.95 bits per heavy atom. The van der Waals surface area contributed by atoms with Gasteiger partial charge in [0, 0.05) is 19.6 Å². The molecule has 1 amide bonds. The van der Waals surface area contributed by atoms with Crippen molar-refractivity contribution in [1.29, 1.82) is 0 Å². The highest BCUT2D eigenvalue weighted by molar-refractivity contribution is 7.88. The van der Waals surface area contributed by atoms with Gasteiger partial charge < -0.3 is 11.1 Å². The van der Waals surface area contributed by atoms with Gasteiger partial charge in [-0.2, -0.15) is 0 Å². The van der Waals surface area contributed by atoms with E-state index in [4.69, 9.17) is 5.73 Å². The van der Waals surface area contributed by atoms with E-state index in [0.717, 1.165) is 6.42 Å². The summed E-state index contributed by atoms with van der Waals surface area (Å²) in [7, 11) is -3.16. The fourth-order valence-electron chi connectivity index (χ4n) is 1.85. The molecule has 0 bridgehead atoms. The first kappa shape index (κ1) is 18.3. The van der Waals surface area contributed by atoms with Gasteiger partial charge in [0.2, 0.25) is 15.9 Å². The molecule has 19 heavy (non-hydrogen) atoms. The molecule has 0 heterocycles. The van der Waals surface area contributed by atoms with Gasteiger partial charge in [0.25, 0.3) is 0 Å². The number of amides is 1. The lowest BCUT2D eigenvalue weighted by Crippen LogP contribution is -2.51. The summed E-state index contributed by atoms with van der Waals surface area (Å²) < 4.78 is 24.1. The summed E-state index contributed by atoms with van der Waals surface area (Å²) in [4.78, 5) is 11.8. The van der Waals surface area contributed by atoms with E-state index >= 15 is 0 Å². The average Bonchev–Trinajstić information content (AvgIpc) is 2.26. The molecule has 114 valence electrons. The quantitative estimate of drug-likeness (QED) is 0.598. The Labute approximate surface area is 116 Å². The molecule has 0 saturated heterocycles. The highest BCUT2D eigenvalue weighted by Crippen LogP contribution is 2.08. The maximum atomic E-state index is 11.8. The third kappa shape index (κ3) is 6.89. The fourth-order valence-corrected chi connectivity index (χ4v) is 2.78. The van der Waals surface area contributed by atoms with Crippen molar-refractivity contribution in [2.24, 2.45) is 5.73 Å². The molecule has 0 aromatic rings. The van der Waals surface area contributed by atoms with Gasteiger partial charge in [-0.3, -0.25) is 4.79 Å². The van der Waals surface area contributed by atoms with E-state index in [1.54, 1.807) is 13.8 Å². The molecule has 0 aromatic carbocycles. The number of carbonyl (C=O) groups is 1. The minimum Gasteiger partial charge on any atom is -0.354 e. The van der Waals surface area contributed by atoms with Crippen molar-refractivity contribution < 1.29 is 13.2 Å². The first-order chi connectivity index (χ1) is 8.65. The number of nitrogens with one attached hydrogen (secondary N) is 1. The van der Waals surface area contributed by atoms with E-state index in [1.807, 2.05) is 6.92 Å². The summed E-state index contributed by atoms with van der Waals surface area (Å²) in [6.45, 7) is 6.76. The van der Waals surface area contributed by atoms with Crippen LogP contribution >= 0.6 is 0 Å². The second kappa shape index (κ2) is 7.81. The fraction of sp³-hybridized carbons (Fsp3) is 0.917. The van der Waals surface area contributed by atoms with Crippen LogP contribution in [0.1, 0.15) is 40.0 Å². The van der Waals surface area contributed by atoms with Gasteiger partial charge in [-0.05, 0) is 19.8 Å². The zero-order valence-electron chi connectivity index (χ0n) is 12.4. The molecule has 0 aliphatic carbocycles. The van der Waals surface area contributed by atoms with Crippen LogP contribution in [0.3, 0.4) is 0 Å². The molecule has 7 heteroatoms. The second-order valence-electron chi connectivity index (χ2n) is 5.03. The van der Waals surface area contributed by atoms with Crippen LogP contribution in [0, 0.1) is 0 Å². The van der Waals surface area contributed by atoms with Crippen LogP contribution < -0.4 is 11.1 Å². The molecule has 0 fully saturated rings. The number of carbonyl (C=O) groups excluding carboxylic acids is 1. The van der Waals surface area contributed by atoms with Crippen molar-refractivity contribution in [3.05, 3.63) is 0 Å². The van der Waals surface area contributed by atoms with Crippen LogP contribution in [0.5, 0.6) is 0 Å². The Morgan fingerprint density at radius 3 is 2.37 bits per heavy atom. The molecule has 1 atom stereocenters. The lowest BCUT2D eigenvalue weighted by Gasteiger charge is -2.23. The van der Waals surface area contributed by atoms with Gasteiger partial charge in [-0.25, -0.2) is 12.7 Å².